The van der Waals surface area contributed by atoms with Crippen LogP contribution in [0.1, 0.15) is 52.7 Å². The number of benzene rings is 2. The number of fused-ring (bicyclic) bond motifs is 3. The highest BCUT2D eigenvalue weighted by Crippen LogP contribution is 2.47. The molecule has 23 heavy (non-hydrogen) atoms. The Bertz CT molecular complexity index is 730. The molecule has 122 valence electrons. The van der Waals surface area contributed by atoms with Crippen LogP contribution in [-0.4, -0.2) is 11.2 Å². The molecule has 2 aromatic carbocycles. The zero-order chi connectivity index (χ0) is 16.8. The molecule has 3 rings (SSSR count). The molecular formula is C21H26O2. The van der Waals surface area contributed by atoms with Crippen LogP contribution in [-0.2, 0) is 6.42 Å². The van der Waals surface area contributed by atoms with E-state index in [2.05, 4.69) is 71.9 Å². The third-order valence-electron chi connectivity index (χ3n) is 3.72. The Morgan fingerprint density at radius 2 is 1.39 bits per heavy atom. The highest BCUT2D eigenvalue weighted by Gasteiger charge is 2.28. The number of hydrogen-bond acceptors (Lipinski definition) is 2. The van der Waals surface area contributed by atoms with Gasteiger partial charge in [-0.05, 0) is 64.3 Å². The summed E-state index contributed by atoms with van der Waals surface area (Å²) in [7, 11) is 0. The minimum absolute atomic E-state index is 0.254. The third-order valence-corrected chi connectivity index (χ3v) is 3.72. The van der Waals surface area contributed by atoms with Crippen LogP contribution in [0.25, 0.3) is 11.1 Å². The number of hydrogen-bond donors (Lipinski definition) is 0. The van der Waals surface area contributed by atoms with Gasteiger partial charge in [0.2, 0.25) is 0 Å². The zero-order valence-corrected chi connectivity index (χ0v) is 15.0. The van der Waals surface area contributed by atoms with Gasteiger partial charge in [-0.1, -0.05) is 30.3 Å². The smallest absolute Gasteiger partial charge is 0.166 e. The molecule has 0 atom stereocenters. The van der Waals surface area contributed by atoms with E-state index in [4.69, 9.17) is 9.47 Å². The third kappa shape index (κ3) is 3.36. The maximum Gasteiger partial charge on any atom is 0.166 e. The van der Waals surface area contributed by atoms with Gasteiger partial charge in [0.25, 0.3) is 0 Å². The summed E-state index contributed by atoms with van der Waals surface area (Å²) in [6.07, 6.45) is 0.901. The molecule has 1 aliphatic rings. The first-order chi connectivity index (χ1) is 10.6. The Balaban J connectivity index is 2.13. The van der Waals surface area contributed by atoms with Gasteiger partial charge in [0, 0.05) is 12.0 Å². The fraction of sp³-hybridized carbons (Fsp3) is 0.429. The monoisotopic (exact) mass is 310 g/mol. The molecule has 0 N–H and O–H groups in total. The first-order valence-electron chi connectivity index (χ1n) is 8.26. The van der Waals surface area contributed by atoms with E-state index in [1.165, 1.54) is 22.3 Å². The maximum atomic E-state index is 6.33. The topological polar surface area (TPSA) is 18.5 Å². The van der Waals surface area contributed by atoms with E-state index in [-0.39, 0.29) is 11.2 Å². The van der Waals surface area contributed by atoms with Crippen LogP contribution in [0.3, 0.4) is 0 Å². The van der Waals surface area contributed by atoms with Crippen LogP contribution < -0.4 is 9.47 Å². The molecule has 1 aliphatic carbocycles. The largest absolute Gasteiger partial charge is 0.484 e. The minimum Gasteiger partial charge on any atom is -0.484 e. The molecule has 0 aliphatic heterocycles. The Labute approximate surface area is 139 Å². The van der Waals surface area contributed by atoms with Crippen molar-refractivity contribution < 1.29 is 9.47 Å². The van der Waals surface area contributed by atoms with E-state index in [9.17, 15) is 0 Å². The lowest BCUT2D eigenvalue weighted by atomic mass is 10.0. The molecule has 0 radical (unpaired) electrons. The lowest BCUT2D eigenvalue weighted by Gasteiger charge is -2.28. The van der Waals surface area contributed by atoms with Crippen molar-refractivity contribution in [2.24, 2.45) is 0 Å². The van der Waals surface area contributed by atoms with Crippen LogP contribution in [0.5, 0.6) is 11.5 Å². The van der Waals surface area contributed by atoms with Gasteiger partial charge in [0.1, 0.15) is 11.2 Å². The summed E-state index contributed by atoms with van der Waals surface area (Å²) >= 11 is 0. The van der Waals surface area contributed by atoms with Gasteiger partial charge in [-0.3, -0.25) is 0 Å². The molecular weight excluding hydrogens is 284 g/mol. The average Bonchev–Trinajstić information content (AvgIpc) is 2.77. The van der Waals surface area contributed by atoms with Crippen molar-refractivity contribution in [1.29, 1.82) is 0 Å². The summed E-state index contributed by atoms with van der Waals surface area (Å²) in [5.41, 5.74) is 4.65. The van der Waals surface area contributed by atoms with Gasteiger partial charge < -0.3 is 9.47 Å². The fourth-order valence-corrected chi connectivity index (χ4v) is 2.99. The number of ether oxygens (including phenoxy) is 2. The van der Waals surface area contributed by atoms with Crippen molar-refractivity contribution in [1.82, 2.24) is 0 Å². The van der Waals surface area contributed by atoms with Crippen LogP contribution >= 0.6 is 0 Å². The molecule has 2 aromatic rings. The molecule has 0 amide bonds. The second kappa shape index (κ2) is 5.30. The van der Waals surface area contributed by atoms with Gasteiger partial charge in [-0.25, -0.2) is 0 Å². The minimum atomic E-state index is -0.264. The maximum absolute atomic E-state index is 6.33. The molecule has 0 saturated carbocycles. The van der Waals surface area contributed by atoms with E-state index >= 15 is 0 Å². The van der Waals surface area contributed by atoms with Crippen molar-refractivity contribution in [3.63, 3.8) is 0 Å². The molecule has 0 aromatic heterocycles. The average molecular weight is 310 g/mol. The van der Waals surface area contributed by atoms with Crippen molar-refractivity contribution >= 4 is 0 Å². The van der Waals surface area contributed by atoms with Crippen LogP contribution in [0, 0.1) is 0 Å². The Hall–Kier alpha value is -1.96. The Kier molecular flexibility index (Phi) is 3.66. The highest BCUT2D eigenvalue weighted by atomic mass is 16.5. The predicted molar refractivity (Wildman–Crippen MR) is 95.4 cm³/mol. The SMILES string of the molecule is CC(C)(C)Oc1ccc2c(c1OC(C)(C)C)Cc1ccccc1-2. The molecule has 0 unspecified atom stereocenters. The predicted octanol–water partition coefficient (Wildman–Crippen LogP) is 5.61. The number of rotatable bonds is 2. The summed E-state index contributed by atoms with van der Waals surface area (Å²) < 4.78 is 12.5. The normalized spacial score (nSPS) is 13.5. The lowest BCUT2D eigenvalue weighted by Crippen LogP contribution is -2.27. The van der Waals surface area contributed by atoms with Crippen molar-refractivity contribution in [3.05, 3.63) is 47.5 Å². The van der Waals surface area contributed by atoms with E-state index < -0.39 is 0 Å². The van der Waals surface area contributed by atoms with Gasteiger partial charge in [0.15, 0.2) is 11.5 Å². The first-order valence-corrected chi connectivity index (χ1v) is 8.26. The summed E-state index contributed by atoms with van der Waals surface area (Å²) in [6, 6.07) is 12.8. The Morgan fingerprint density at radius 3 is 2.04 bits per heavy atom. The van der Waals surface area contributed by atoms with Gasteiger partial charge in [-0.15, -0.1) is 0 Å². The van der Waals surface area contributed by atoms with Crippen molar-refractivity contribution in [2.75, 3.05) is 0 Å². The van der Waals surface area contributed by atoms with Crippen LogP contribution in [0.2, 0.25) is 0 Å². The molecule has 0 saturated heterocycles. The van der Waals surface area contributed by atoms with E-state index in [0.29, 0.717) is 0 Å². The van der Waals surface area contributed by atoms with Crippen LogP contribution in [0.15, 0.2) is 36.4 Å². The summed E-state index contributed by atoms with van der Waals surface area (Å²) in [5.74, 6) is 1.72. The van der Waals surface area contributed by atoms with Crippen molar-refractivity contribution in [3.8, 4) is 22.6 Å². The molecule has 0 bridgehead atoms. The van der Waals surface area contributed by atoms with Gasteiger partial charge >= 0.3 is 0 Å². The summed E-state index contributed by atoms with van der Waals surface area (Å²) in [6.45, 7) is 12.4. The molecule has 2 nitrogen and oxygen atoms in total. The molecule has 2 heteroatoms. The summed E-state index contributed by atoms with van der Waals surface area (Å²) in [5, 5.41) is 0. The molecule has 0 heterocycles. The fourth-order valence-electron chi connectivity index (χ4n) is 2.99. The van der Waals surface area contributed by atoms with Crippen molar-refractivity contribution in [2.45, 2.75) is 59.2 Å². The quantitative estimate of drug-likeness (QED) is 0.612. The Morgan fingerprint density at radius 1 is 0.739 bits per heavy atom. The molecule has 0 fully saturated rings. The standard InChI is InChI=1S/C21H26O2/c1-20(2,3)22-18-12-11-16-15-10-8-7-9-14(15)13-17(16)19(18)23-21(4,5)6/h7-12H,13H2,1-6H3. The second-order valence-electron chi connectivity index (χ2n) is 8.18. The van der Waals surface area contributed by atoms with E-state index in [1.807, 2.05) is 6.07 Å². The van der Waals surface area contributed by atoms with E-state index in [1.54, 1.807) is 0 Å². The van der Waals surface area contributed by atoms with Gasteiger partial charge in [-0.2, -0.15) is 0 Å². The summed E-state index contributed by atoms with van der Waals surface area (Å²) in [4.78, 5) is 0. The second-order valence-corrected chi connectivity index (χ2v) is 8.18. The van der Waals surface area contributed by atoms with Gasteiger partial charge in [0.05, 0.1) is 0 Å². The highest BCUT2D eigenvalue weighted by molar-refractivity contribution is 5.80. The van der Waals surface area contributed by atoms with E-state index in [0.717, 1.165) is 17.9 Å². The first kappa shape index (κ1) is 15.9. The zero-order valence-electron chi connectivity index (χ0n) is 15.0. The molecule has 0 spiro atoms. The lowest BCUT2D eigenvalue weighted by molar-refractivity contribution is 0.0950. The van der Waals surface area contributed by atoms with Crippen LogP contribution in [0.4, 0.5) is 0 Å².